The van der Waals surface area contributed by atoms with Crippen molar-refractivity contribution in [3.63, 3.8) is 0 Å². The van der Waals surface area contributed by atoms with Gasteiger partial charge in [0.2, 0.25) is 0 Å². The largest absolute Gasteiger partial charge is 0.445 e. The van der Waals surface area contributed by atoms with Gasteiger partial charge in [0.25, 0.3) is 0 Å². The molecule has 0 atom stereocenters. The number of carbonyl (C=O) groups excluding carboxylic acids is 1. The average molecular weight is 310 g/mol. The first-order chi connectivity index (χ1) is 11.1. The number of nitrogens with zero attached hydrogens (tertiary/aromatic N) is 1. The Balaban J connectivity index is 1.62. The summed E-state index contributed by atoms with van der Waals surface area (Å²) in [6.45, 7) is 4.59. The summed E-state index contributed by atoms with van der Waals surface area (Å²) in [5.74, 6) is 0.442. The Bertz CT molecular complexity index is 679. The average Bonchev–Trinajstić information content (AvgIpc) is 3.35. The van der Waals surface area contributed by atoms with Crippen molar-refractivity contribution in [1.29, 1.82) is 0 Å². The maximum atomic E-state index is 12.1. The van der Waals surface area contributed by atoms with Crippen LogP contribution in [0.25, 0.3) is 0 Å². The molecule has 1 aromatic carbocycles. The van der Waals surface area contributed by atoms with Crippen molar-refractivity contribution in [1.82, 2.24) is 10.3 Å². The van der Waals surface area contributed by atoms with Crippen LogP contribution in [0.5, 0.6) is 0 Å². The monoisotopic (exact) mass is 310 g/mol. The molecule has 0 bridgehead atoms. The van der Waals surface area contributed by atoms with E-state index in [4.69, 9.17) is 4.74 Å². The highest BCUT2D eigenvalue weighted by Gasteiger charge is 2.47. The molecule has 1 aliphatic carbocycles. The van der Waals surface area contributed by atoms with Crippen LogP contribution in [0, 0.1) is 0 Å². The fourth-order valence-corrected chi connectivity index (χ4v) is 2.59. The van der Waals surface area contributed by atoms with E-state index in [0.29, 0.717) is 5.92 Å². The van der Waals surface area contributed by atoms with Gasteiger partial charge >= 0.3 is 6.09 Å². The van der Waals surface area contributed by atoms with Gasteiger partial charge in [-0.1, -0.05) is 44.2 Å². The van der Waals surface area contributed by atoms with Crippen LogP contribution in [0.1, 0.15) is 49.4 Å². The van der Waals surface area contributed by atoms with Crippen molar-refractivity contribution in [3.05, 3.63) is 65.5 Å². The molecule has 4 nitrogen and oxygen atoms in total. The van der Waals surface area contributed by atoms with Gasteiger partial charge in [-0.15, -0.1) is 0 Å². The van der Waals surface area contributed by atoms with Gasteiger partial charge in [0.1, 0.15) is 6.61 Å². The number of pyridine rings is 1. The van der Waals surface area contributed by atoms with Gasteiger partial charge in [-0.25, -0.2) is 4.79 Å². The lowest BCUT2D eigenvalue weighted by atomic mass is 10.0. The molecule has 2 aromatic rings. The van der Waals surface area contributed by atoms with Gasteiger partial charge in [0.15, 0.2) is 0 Å². The quantitative estimate of drug-likeness (QED) is 0.903. The zero-order valence-electron chi connectivity index (χ0n) is 13.6. The number of carbonyl (C=O) groups is 1. The minimum Gasteiger partial charge on any atom is -0.445 e. The van der Waals surface area contributed by atoms with Crippen LogP contribution in [0.2, 0.25) is 0 Å². The van der Waals surface area contributed by atoms with E-state index < -0.39 is 0 Å². The third kappa shape index (κ3) is 3.70. The lowest BCUT2D eigenvalue weighted by Gasteiger charge is -2.18. The molecule has 1 heterocycles. The molecule has 120 valence electrons. The maximum Gasteiger partial charge on any atom is 0.408 e. The molecule has 23 heavy (non-hydrogen) atoms. The Labute approximate surface area is 136 Å². The minimum absolute atomic E-state index is 0.280. The van der Waals surface area contributed by atoms with Gasteiger partial charge in [-0.3, -0.25) is 4.98 Å². The standard InChI is InChI=1S/C19H22N2O2/c1-14(2)16-8-11-20-17(12-16)19(9-10-19)21-18(22)23-13-15-6-4-3-5-7-15/h3-8,11-12,14H,9-10,13H2,1-2H3,(H,21,22). The van der Waals surface area contributed by atoms with Crippen LogP contribution in [0.4, 0.5) is 4.79 Å². The van der Waals surface area contributed by atoms with Crippen molar-refractivity contribution in [3.8, 4) is 0 Å². The zero-order chi connectivity index (χ0) is 16.3. The topological polar surface area (TPSA) is 51.2 Å². The van der Waals surface area contributed by atoms with Crippen molar-refractivity contribution in [2.45, 2.75) is 44.8 Å². The third-order valence-corrected chi connectivity index (χ3v) is 4.25. The summed E-state index contributed by atoms with van der Waals surface area (Å²) >= 11 is 0. The van der Waals surface area contributed by atoms with Crippen LogP contribution in [0.15, 0.2) is 48.7 Å². The summed E-state index contributed by atoms with van der Waals surface area (Å²) in [5, 5.41) is 3.00. The molecule has 1 aromatic heterocycles. The molecule has 0 saturated heterocycles. The van der Waals surface area contributed by atoms with Crippen LogP contribution < -0.4 is 5.32 Å². The number of rotatable bonds is 5. The predicted octanol–water partition coefficient (Wildman–Crippen LogP) is 4.12. The fourth-order valence-electron chi connectivity index (χ4n) is 2.59. The normalized spacial score (nSPS) is 15.3. The Morgan fingerprint density at radius 2 is 2.00 bits per heavy atom. The lowest BCUT2D eigenvalue weighted by Crippen LogP contribution is -2.36. The number of nitrogens with one attached hydrogen (secondary N) is 1. The summed E-state index contributed by atoms with van der Waals surface area (Å²) in [6, 6.07) is 13.8. The number of aromatic nitrogens is 1. The number of hydrogen-bond acceptors (Lipinski definition) is 3. The fraction of sp³-hybridized carbons (Fsp3) is 0.368. The Kier molecular flexibility index (Phi) is 4.33. The van der Waals surface area contributed by atoms with Crippen molar-refractivity contribution in [2.24, 2.45) is 0 Å². The number of ether oxygens (including phenoxy) is 1. The van der Waals surface area contributed by atoms with Gasteiger partial charge in [-0.05, 0) is 42.0 Å². The molecule has 1 N–H and O–H groups in total. The molecule has 4 heteroatoms. The van der Waals surface area contributed by atoms with Crippen molar-refractivity contribution in [2.75, 3.05) is 0 Å². The molecule has 0 radical (unpaired) electrons. The molecule has 1 amide bonds. The van der Waals surface area contributed by atoms with Crippen LogP contribution in [-0.4, -0.2) is 11.1 Å². The first-order valence-electron chi connectivity index (χ1n) is 8.04. The summed E-state index contributed by atoms with van der Waals surface area (Å²) in [6.07, 6.45) is 3.24. The molecule has 1 aliphatic rings. The van der Waals surface area contributed by atoms with E-state index in [1.165, 1.54) is 5.56 Å². The minimum atomic E-state index is -0.386. The summed E-state index contributed by atoms with van der Waals surface area (Å²) in [4.78, 5) is 16.6. The SMILES string of the molecule is CC(C)c1ccnc(C2(NC(=O)OCc3ccccc3)CC2)c1. The van der Waals surface area contributed by atoms with E-state index >= 15 is 0 Å². The van der Waals surface area contributed by atoms with Gasteiger partial charge in [0, 0.05) is 6.20 Å². The highest BCUT2D eigenvalue weighted by Crippen LogP contribution is 2.45. The summed E-state index contributed by atoms with van der Waals surface area (Å²) in [5.41, 5.74) is 2.80. The van der Waals surface area contributed by atoms with Crippen LogP contribution in [0.3, 0.4) is 0 Å². The second-order valence-corrected chi connectivity index (χ2v) is 6.40. The van der Waals surface area contributed by atoms with Crippen molar-refractivity contribution >= 4 is 6.09 Å². The predicted molar refractivity (Wildman–Crippen MR) is 89.0 cm³/mol. The molecule has 1 fully saturated rings. The number of benzene rings is 1. The number of alkyl carbamates (subject to hydrolysis) is 1. The number of amides is 1. The molecular formula is C19H22N2O2. The van der Waals surface area contributed by atoms with E-state index in [0.717, 1.165) is 24.1 Å². The Morgan fingerprint density at radius 3 is 2.65 bits per heavy atom. The lowest BCUT2D eigenvalue weighted by molar-refractivity contribution is 0.134. The van der Waals surface area contributed by atoms with E-state index in [-0.39, 0.29) is 18.2 Å². The summed E-state index contributed by atoms with van der Waals surface area (Å²) < 4.78 is 5.33. The molecule has 1 saturated carbocycles. The van der Waals surface area contributed by atoms with Crippen LogP contribution >= 0.6 is 0 Å². The second kappa shape index (κ2) is 6.41. The van der Waals surface area contributed by atoms with E-state index in [1.54, 1.807) is 0 Å². The molecule has 0 aliphatic heterocycles. The van der Waals surface area contributed by atoms with Gasteiger partial charge in [0.05, 0.1) is 11.2 Å². The maximum absolute atomic E-state index is 12.1. The molecular weight excluding hydrogens is 288 g/mol. The molecule has 0 spiro atoms. The second-order valence-electron chi connectivity index (χ2n) is 6.40. The number of hydrogen-bond donors (Lipinski definition) is 1. The molecule has 0 unspecified atom stereocenters. The zero-order valence-corrected chi connectivity index (χ0v) is 13.6. The molecule has 3 rings (SSSR count). The Hall–Kier alpha value is -2.36. The van der Waals surface area contributed by atoms with Gasteiger partial charge < -0.3 is 10.1 Å². The highest BCUT2D eigenvalue weighted by molar-refractivity contribution is 5.69. The van der Waals surface area contributed by atoms with Crippen molar-refractivity contribution < 1.29 is 9.53 Å². The Morgan fingerprint density at radius 1 is 1.26 bits per heavy atom. The first kappa shape index (κ1) is 15.5. The van der Waals surface area contributed by atoms with Gasteiger partial charge in [-0.2, -0.15) is 0 Å². The van der Waals surface area contributed by atoms with Crippen LogP contribution in [-0.2, 0) is 16.9 Å². The first-order valence-corrected chi connectivity index (χ1v) is 8.04. The third-order valence-electron chi connectivity index (χ3n) is 4.25. The van der Waals surface area contributed by atoms with E-state index in [9.17, 15) is 4.79 Å². The van der Waals surface area contributed by atoms with E-state index in [1.807, 2.05) is 42.6 Å². The smallest absolute Gasteiger partial charge is 0.408 e. The van der Waals surface area contributed by atoms with E-state index in [2.05, 4.69) is 30.2 Å². The highest BCUT2D eigenvalue weighted by atomic mass is 16.5. The summed E-state index contributed by atoms with van der Waals surface area (Å²) in [7, 11) is 0.